The summed E-state index contributed by atoms with van der Waals surface area (Å²) in [6.07, 6.45) is 4.24. The van der Waals surface area contributed by atoms with E-state index in [1.54, 1.807) is 0 Å². The number of likely N-dealkylation sites (tertiary alicyclic amines) is 1. The minimum atomic E-state index is 0.492. The Labute approximate surface area is 162 Å². The molecule has 1 aliphatic rings. The van der Waals surface area contributed by atoms with Gasteiger partial charge in [0.15, 0.2) is 4.77 Å². The number of thiazole rings is 1. The number of piperidine rings is 1. The topological polar surface area (TPSA) is 38.9 Å². The van der Waals surface area contributed by atoms with Crippen molar-refractivity contribution < 1.29 is 0 Å². The van der Waals surface area contributed by atoms with Crippen LogP contribution in [0.5, 0.6) is 0 Å². The van der Waals surface area contributed by atoms with E-state index >= 15 is 0 Å². The van der Waals surface area contributed by atoms with Crippen LogP contribution in [0.2, 0.25) is 0 Å². The summed E-state index contributed by atoms with van der Waals surface area (Å²) in [6, 6.07) is 8.40. The lowest BCUT2D eigenvalue weighted by Crippen LogP contribution is -2.36. The fourth-order valence-corrected chi connectivity index (χ4v) is 5.02. The third kappa shape index (κ3) is 3.39. The lowest BCUT2D eigenvalue weighted by atomic mass is 9.99. The number of fused-ring (bicyclic) bond motifs is 1. The molecular weight excluding hydrogens is 362 g/mol. The zero-order valence-electron chi connectivity index (χ0n) is 15.0. The molecule has 1 aromatic carbocycles. The normalized spacial score (nSPS) is 18.4. The maximum atomic E-state index is 5.59. The van der Waals surface area contributed by atoms with Crippen molar-refractivity contribution >= 4 is 33.8 Å². The van der Waals surface area contributed by atoms with E-state index in [9.17, 15) is 0 Å². The highest BCUT2D eigenvalue weighted by Gasteiger charge is 2.24. The second-order valence-electron chi connectivity index (χ2n) is 6.81. The minimum absolute atomic E-state index is 0.492. The van der Waals surface area contributed by atoms with E-state index in [1.165, 1.54) is 22.5 Å². The molecule has 2 aromatic heterocycles. The molecule has 0 radical (unpaired) electrons. The van der Waals surface area contributed by atoms with Gasteiger partial charge in [-0.05, 0) is 50.7 Å². The molecule has 1 atom stereocenters. The van der Waals surface area contributed by atoms with E-state index in [2.05, 4.69) is 40.8 Å². The Morgan fingerprint density at radius 3 is 3.04 bits per heavy atom. The molecular formula is C19H23N5S2. The van der Waals surface area contributed by atoms with Crippen LogP contribution in [0.1, 0.15) is 29.6 Å². The molecule has 0 saturated carbocycles. The van der Waals surface area contributed by atoms with Gasteiger partial charge in [-0.2, -0.15) is 5.10 Å². The predicted octanol–water partition coefficient (Wildman–Crippen LogP) is 4.36. The Morgan fingerprint density at radius 1 is 1.38 bits per heavy atom. The van der Waals surface area contributed by atoms with Gasteiger partial charge in [0, 0.05) is 19.0 Å². The Kier molecular flexibility index (Phi) is 5.02. The molecule has 0 amide bonds. The second-order valence-corrected chi connectivity index (χ2v) is 8.23. The van der Waals surface area contributed by atoms with Crippen molar-refractivity contribution in [2.24, 2.45) is 0 Å². The summed E-state index contributed by atoms with van der Waals surface area (Å²) in [5.41, 5.74) is 1.12. The summed E-state index contributed by atoms with van der Waals surface area (Å²) < 4.78 is 6.01. The number of aromatic nitrogens is 4. The number of hydrogen-bond acceptors (Lipinski definition) is 5. The fourth-order valence-electron chi connectivity index (χ4n) is 3.62. The highest BCUT2D eigenvalue weighted by molar-refractivity contribution is 7.71. The summed E-state index contributed by atoms with van der Waals surface area (Å²) in [5.74, 6) is 1.43. The SMILES string of the molecule is C=CCn1c(C)nn(CN2CCCC(c3nc4ccccc4s3)C2)c1=S. The first-order valence-electron chi connectivity index (χ1n) is 8.98. The number of allylic oxidation sites excluding steroid dienone is 1. The molecule has 1 unspecified atom stereocenters. The van der Waals surface area contributed by atoms with E-state index in [0.717, 1.165) is 35.9 Å². The number of aryl methyl sites for hydroxylation is 1. The van der Waals surface area contributed by atoms with E-state index in [1.807, 2.05) is 33.6 Å². The van der Waals surface area contributed by atoms with Crippen molar-refractivity contribution in [2.45, 2.75) is 38.9 Å². The van der Waals surface area contributed by atoms with Crippen LogP contribution in [0.3, 0.4) is 0 Å². The smallest absolute Gasteiger partial charge is 0.199 e. The molecule has 4 rings (SSSR count). The van der Waals surface area contributed by atoms with E-state index < -0.39 is 0 Å². The number of rotatable bonds is 5. The molecule has 5 nitrogen and oxygen atoms in total. The Morgan fingerprint density at radius 2 is 2.23 bits per heavy atom. The first kappa shape index (κ1) is 17.6. The summed E-state index contributed by atoms with van der Waals surface area (Å²) in [4.78, 5) is 7.32. The van der Waals surface area contributed by atoms with Gasteiger partial charge in [-0.25, -0.2) is 9.67 Å². The van der Waals surface area contributed by atoms with E-state index in [0.29, 0.717) is 12.5 Å². The van der Waals surface area contributed by atoms with Crippen molar-refractivity contribution in [3.8, 4) is 0 Å². The number of benzene rings is 1. The molecule has 136 valence electrons. The molecule has 7 heteroatoms. The molecule has 1 fully saturated rings. The fraction of sp³-hybridized carbons (Fsp3) is 0.421. The summed E-state index contributed by atoms with van der Waals surface area (Å²) in [6.45, 7) is 9.34. The van der Waals surface area contributed by atoms with E-state index in [4.69, 9.17) is 17.2 Å². The van der Waals surface area contributed by atoms with Gasteiger partial charge in [-0.15, -0.1) is 17.9 Å². The molecule has 1 aliphatic heterocycles. The van der Waals surface area contributed by atoms with Crippen molar-refractivity contribution in [3.63, 3.8) is 0 Å². The van der Waals surface area contributed by atoms with Gasteiger partial charge in [0.25, 0.3) is 0 Å². The van der Waals surface area contributed by atoms with Gasteiger partial charge in [0.1, 0.15) is 5.82 Å². The van der Waals surface area contributed by atoms with Crippen molar-refractivity contribution in [2.75, 3.05) is 13.1 Å². The average Bonchev–Trinajstić information content (AvgIpc) is 3.19. The standard InChI is InChI=1S/C19H23N5S2/c1-3-10-23-14(2)21-24(19(23)25)13-22-11-6-7-15(12-22)18-20-16-8-4-5-9-17(16)26-18/h3-5,8-9,15H,1,6-7,10-13H2,2H3. The zero-order chi connectivity index (χ0) is 18.1. The minimum Gasteiger partial charge on any atom is -0.300 e. The summed E-state index contributed by atoms with van der Waals surface area (Å²) in [7, 11) is 0. The van der Waals surface area contributed by atoms with Crippen molar-refractivity contribution in [3.05, 3.63) is 52.5 Å². The van der Waals surface area contributed by atoms with Crippen LogP contribution < -0.4 is 0 Å². The second kappa shape index (κ2) is 7.42. The molecule has 3 aromatic rings. The Hall–Kier alpha value is -1.83. The summed E-state index contributed by atoms with van der Waals surface area (Å²) >= 11 is 7.42. The maximum Gasteiger partial charge on any atom is 0.199 e. The highest BCUT2D eigenvalue weighted by Crippen LogP contribution is 2.33. The monoisotopic (exact) mass is 385 g/mol. The van der Waals surface area contributed by atoms with Gasteiger partial charge in [-0.1, -0.05) is 18.2 Å². The lowest BCUT2D eigenvalue weighted by Gasteiger charge is -2.31. The summed E-state index contributed by atoms with van der Waals surface area (Å²) in [5, 5.41) is 5.89. The zero-order valence-corrected chi connectivity index (χ0v) is 16.6. The number of hydrogen-bond donors (Lipinski definition) is 0. The highest BCUT2D eigenvalue weighted by atomic mass is 32.1. The van der Waals surface area contributed by atoms with Gasteiger partial charge in [-0.3, -0.25) is 4.90 Å². The average molecular weight is 386 g/mol. The molecule has 0 N–H and O–H groups in total. The van der Waals surface area contributed by atoms with Crippen molar-refractivity contribution in [1.82, 2.24) is 24.2 Å². The van der Waals surface area contributed by atoms with Crippen molar-refractivity contribution in [1.29, 1.82) is 0 Å². The van der Waals surface area contributed by atoms with Gasteiger partial charge < -0.3 is 4.57 Å². The molecule has 3 heterocycles. The van der Waals surface area contributed by atoms with Crippen LogP contribution in [-0.4, -0.2) is 37.3 Å². The predicted molar refractivity (Wildman–Crippen MR) is 109 cm³/mol. The largest absolute Gasteiger partial charge is 0.300 e. The number of para-hydroxylation sites is 1. The molecule has 0 bridgehead atoms. The number of nitrogens with zero attached hydrogens (tertiary/aromatic N) is 5. The molecule has 0 aliphatic carbocycles. The van der Waals surface area contributed by atoms with Gasteiger partial charge in [0.05, 0.1) is 21.9 Å². The van der Waals surface area contributed by atoms with Gasteiger partial charge in [0.2, 0.25) is 0 Å². The molecule has 1 saturated heterocycles. The quantitative estimate of drug-likeness (QED) is 0.483. The van der Waals surface area contributed by atoms with Crippen LogP contribution in [0.4, 0.5) is 0 Å². The van der Waals surface area contributed by atoms with Crippen LogP contribution in [0.15, 0.2) is 36.9 Å². The molecule has 0 spiro atoms. The van der Waals surface area contributed by atoms with Crippen LogP contribution >= 0.6 is 23.6 Å². The Bertz CT molecular complexity index is 950. The Balaban J connectivity index is 1.51. The van der Waals surface area contributed by atoms with E-state index in [-0.39, 0.29) is 0 Å². The molecule has 26 heavy (non-hydrogen) atoms. The first-order chi connectivity index (χ1) is 12.7. The lowest BCUT2D eigenvalue weighted by molar-refractivity contribution is 0.156. The van der Waals surface area contributed by atoms with Crippen LogP contribution in [-0.2, 0) is 13.2 Å². The first-order valence-corrected chi connectivity index (χ1v) is 10.2. The maximum absolute atomic E-state index is 5.59. The van der Waals surface area contributed by atoms with Gasteiger partial charge >= 0.3 is 0 Å². The van der Waals surface area contributed by atoms with Crippen LogP contribution in [0, 0.1) is 11.7 Å². The van der Waals surface area contributed by atoms with Crippen LogP contribution in [0.25, 0.3) is 10.2 Å². The third-order valence-electron chi connectivity index (χ3n) is 4.92. The third-order valence-corrected chi connectivity index (χ3v) is 6.55.